The number of carbonyl (C=O) groups excluding carboxylic acids is 1. The van der Waals surface area contributed by atoms with E-state index >= 15 is 0 Å². The van der Waals surface area contributed by atoms with Crippen molar-refractivity contribution in [3.05, 3.63) is 59.8 Å². The van der Waals surface area contributed by atoms with Crippen LogP contribution in [0.15, 0.2) is 48.7 Å². The third-order valence-electron chi connectivity index (χ3n) is 4.77. The lowest BCUT2D eigenvalue weighted by Gasteiger charge is -2.42. The Morgan fingerprint density at radius 2 is 2.08 bits per heavy atom. The number of nitrogens with two attached hydrogens (primary N) is 1. The molecule has 0 saturated carbocycles. The van der Waals surface area contributed by atoms with Crippen LogP contribution in [0.25, 0.3) is 0 Å². The van der Waals surface area contributed by atoms with Crippen LogP contribution in [-0.4, -0.2) is 35.7 Å². The Bertz CT molecular complexity index is 705. The van der Waals surface area contributed by atoms with Gasteiger partial charge in [0.05, 0.1) is 6.61 Å². The first-order valence-electron chi connectivity index (χ1n) is 8.27. The smallest absolute Gasteiger partial charge is 0.248 e. The molecule has 1 atom stereocenters. The number of rotatable bonds is 5. The van der Waals surface area contributed by atoms with Crippen LogP contribution in [0.5, 0.6) is 0 Å². The number of primary amides is 1. The molecule has 3 rings (SSSR count). The van der Waals surface area contributed by atoms with Crippen molar-refractivity contribution in [1.29, 1.82) is 0 Å². The first kappa shape index (κ1) is 16.5. The summed E-state index contributed by atoms with van der Waals surface area (Å²) in [5, 5.41) is 10.1. The maximum Gasteiger partial charge on any atom is 0.248 e. The number of hydrogen-bond acceptors (Lipinski definition) is 4. The molecule has 1 saturated heterocycles. The van der Waals surface area contributed by atoms with Crippen LogP contribution < -0.4 is 10.6 Å². The van der Waals surface area contributed by atoms with E-state index in [2.05, 4.69) is 22.0 Å². The van der Waals surface area contributed by atoms with Crippen LogP contribution in [0.4, 0.5) is 5.82 Å². The van der Waals surface area contributed by atoms with Gasteiger partial charge in [-0.3, -0.25) is 4.79 Å². The van der Waals surface area contributed by atoms with E-state index in [4.69, 9.17) is 5.73 Å². The number of nitrogens with zero attached hydrogens (tertiary/aromatic N) is 2. The number of benzene rings is 1. The highest BCUT2D eigenvalue weighted by Crippen LogP contribution is 2.35. The molecule has 1 aromatic heterocycles. The highest BCUT2D eigenvalue weighted by molar-refractivity contribution is 5.93. The molecule has 5 heteroatoms. The van der Waals surface area contributed by atoms with E-state index < -0.39 is 5.91 Å². The normalized spacial score (nSPS) is 20.8. The molecule has 5 nitrogen and oxygen atoms in total. The summed E-state index contributed by atoms with van der Waals surface area (Å²) < 4.78 is 0. The van der Waals surface area contributed by atoms with Gasteiger partial charge in [0, 0.05) is 30.3 Å². The molecule has 1 aliphatic heterocycles. The summed E-state index contributed by atoms with van der Waals surface area (Å²) in [5.41, 5.74) is 6.87. The highest BCUT2D eigenvalue weighted by atomic mass is 16.3. The summed E-state index contributed by atoms with van der Waals surface area (Å²) in [4.78, 5) is 17.9. The zero-order valence-electron chi connectivity index (χ0n) is 13.7. The van der Waals surface area contributed by atoms with Crippen LogP contribution in [0, 0.1) is 5.41 Å². The number of pyridine rings is 1. The van der Waals surface area contributed by atoms with E-state index in [9.17, 15) is 9.90 Å². The van der Waals surface area contributed by atoms with Crippen molar-refractivity contribution in [3.8, 4) is 0 Å². The second kappa shape index (κ2) is 7.01. The number of aliphatic hydroxyl groups excluding tert-OH is 1. The molecule has 126 valence electrons. The number of aliphatic hydroxyl groups is 1. The molecule has 2 aromatic rings. The van der Waals surface area contributed by atoms with E-state index in [-0.39, 0.29) is 12.0 Å². The van der Waals surface area contributed by atoms with Crippen molar-refractivity contribution in [3.63, 3.8) is 0 Å². The fourth-order valence-corrected chi connectivity index (χ4v) is 3.51. The number of aromatic nitrogens is 1. The molecule has 2 heterocycles. The largest absolute Gasteiger partial charge is 0.396 e. The maximum absolute atomic E-state index is 11.4. The Kier molecular flexibility index (Phi) is 4.81. The Balaban J connectivity index is 1.82. The van der Waals surface area contributed by atoms with Gasteiger partial charge in [-0.05, 0) is 37.0 Å². The minimum atomic E-state index is -0.451. The van der Waals surface area contributed by atoms with Crippen molar-refractivity contribution < 1.29 is 9.90 Å². The Hall–Kier alpha value is -2.40. The third-order valence-corrected chi connectivity index (χ3v) is 4.77. The molecule has 1 amide bonds. The molecule has 24 heavy (non-hydrogen) atoms. The van der Waals surface area contributed by atoms with Gasteiger partial charge in [-0.15, -0.1) is 0 Å². The average molecular weight is 325 g/mol. The maximum atomic E-state index is 11.4. The number of piperidine rings is 1. The van der Waals surface area contributed by atoms with E-state index in [1.54, 1.807) is 18.3 Å². The summed E-state index contributed by atoms with van der Waals surface area (Å²) in [6.45, 7) is 1.72. The van der Waals surface area contributed by atoms with Gasteiger partial charge in [0.2, 0.25) is 5.91 Å². The molecule has 1 aromatic carbocycles. The minimum Gasteiger partial charge on any atom is -0.396 e. The van der Waals surface area contributed by atoms with Crippen LogP contribution in [0.2, 0.25) is 0 Å². The van der Waals surface area contributed by atoms with Gasteiger partial charge in [-0.25, -0.2) is 4.98 Å². The first-order chi connectivity index (χ1) is 11.6. The first-order valence-corrected chi connectivity index (χ1v) is 8.27. The van der Waals surface area contributed by atoms with Crippen molar-refractivity contribution in [2.45, 2.75) is 19.3 Å². The van der Waals surface area contributed by atoms with Crippen LogP contribution in [0.1, 0.15) is 28.8 Å². The lowest BCUT2D eigenvalue weighted by molar-refractivity contribution is 0.0999. The van der Waals surface area contributed by atoms with E-state index in [0.717, 1.165) is 31.6 Å². The number of hydrogen-bond donors (Lipinski definition) is 2. The molecule has 1 aliphatic rings. The summed E-state index contributed by atoms with van der Waals surface area (Å²) in [6.07, 6.45) is 4.40. The number of anilines is 1. The van der Waals surface area contributed by atoms with Crippen LogP contribution >= 0.6 is 0 Å². The van der Waals surface area contributed by atoms with Crippen molar-refractivity contribution in [2.24, 2.45) is 11.1 Å². The molecule has 0 spiro atoms. The lowest BCUT2D eigenvalue weighted by Crippen LogP contribution is -2.47. The van der Waals surface area contributed by atoms with E-state index in [0.29, 0.717) is 12.1 Å². The Labute approximate surface area is 142 Å². The molecule has 0 radical (unpaired) electrons. The van der Waals surface area contributed by atoms with Gasteiger partial charge >= 0.3 is 0 Å². The Morgan fingerprint density at radius 3 is 2.79 bits per heavy atom. The zero-order chi connectivity index (χ0) is 17.0. The van der Waals surface area contributed by atoms with Gasteiger partial charge in [0.1, 0.15) is 5.82 Å². The standard InChI is InChI=1S/C19H23N3O2/c20-18(24)16-7-9-21-17(11-16)22-10-4-8-19(13-22,14-23)12-15-5-2-1-3-6-15/h1-3,5-7,9,11,23H,4,8,10,12-14H2,(H2,20,24). The van der Waals surface area contributed by atoms with Crippen molar-refractivity contribution in [1.82, 2.24) is 4.98 Å². The number of amides is 1. The van der Waals surface area contributed by atoms with E-state index in [1.807, 2.05) is 18.2 Å². The van der Waals surface area contributed by atoms with Gasteiger partial charge in [0.25, 0.3) is 0 Å². The molecule has 0 aliphatic carbocycles. The molecule has 0 bridgehead atoms. The van der Waals surface area contributed by atoms with Gasteiger partial charge in [0.15, 0.2) is 0 Å². The van der Waals surface area contributed by atoms with Crippen LogP contribution in [-0.2, 0) is 6.42 Å². The SMILES string of the molecule is NC(=O)c1ccnc(N2CCCC(CO)(Cc3ccccc3)C2)c1. The van der Waals surface area contributed by atoms with Crippen molar-refractivity contribution >= 4 is 11.7 Å². The Morgan fingerprint density at radius 1 is 1.29 bits per heavy atom. The fourth-order valence-electron chi connectivity index (χ4n) is 3.51. The summed E-state index contributed by atoms with van der Waals surface area (Å²) in [6, 6.07) is 13.6. The quantitative estimate of drug-likeness (QED) is 0.881. The zero-order valence-corrected chi connectivity index (χ0v) is 13.7. The van der Waals surface area contributed by atoms with Gasteiger partial charge in [-0.2, -0.15) is 0 Å². The van der Waals surface area contributed by atoms with E-state index in [1.165, 1.54) is 5.56 Å². The topological polar surface area (TPSA) is 79.5 Å². The average Bonchev–Trinajstić information content (AvgIpc) is 2.63. The summed E-state index contributed by atoms with van der Waals surface area (Å²) >= 11 is 0. The number of carbonyl (C=O) groups is 1. The molecule has 1 fully saturated rings. The van der Waals surface area contributed by atoms with Crippen molar-refractivity contribution in [2.75, 3.05) is 24.6 Å². The lowest BCUT2D eigenvalue weighted by atomic mass is 9.75. The molecule has 3 N–H and O–H groups in total. The second-order valence-electron chi connectivity index (χ2n) is 6.61. The summed E-state index contributed by atoms with van der Waals surface area (Å²) in [7, 11) is 0. The summed E-state index contributed by atoms with van der Waals surface area (Å²) in [5.74, 6) is 0.297. The predicted octanol–water partition coefficient (Wildman–Crippen LogP) is 2.00. The monoisotopic (exact) mass is 325 g/mol. The fraction of sp³-hybridized carbons (Fsp3) is 0.368. The highest BCUT2D eigenvalue weighted by Gasteiger charge is 2.35. The minimum absolute atomic E-state index is 0.133. The predicted molar refractivity (Wildman–Crippen MR) is 93.9 cm³/mol. The van der Waals surface area contributed by atoms with Gasteiger partial charge < -0.3 is 15.7 Å². The van der Waals surface area contributed by atoms with Crippen LogP contribution in [0.3, 0.4) is 0 Å². The molecular formula is C19H23N3O2. The molecular weight excluding hydrogens is 302 g/mol. The molecule has 1 unspecified atom stereocenters. The second-order valence-corrected chi connectivity index (χ2v) is 6.61. The third kappa shape index (κ3) is 3.57. The van der Waals surface area contributed by atoms with Gasteiger partial charge in [-0.1, -0.05) is 30.3 Å².